The predicted octanol–water partition coefficient (Wildman–Crippen LogP) is 4.80. The molecule has 1 unspecified atom stereocenters. The molecule has 0 bridgehead atoms. The molecule has 0 fully saturated rings. The second kappa shape index (κ2) is 5.65. The minimum absolute atomic E-state index is 0.128. The van der Waals surface area contributed by atoms with Gasteiger partial charge in [0.15, 0.2) is 0 Å². The maximum absolute atomic E-state index is 13.4. The maximum Gasteiger partial charge on any atom is 0.416 e. The van der Waals surface area contributed by atoms with Crippen LogP contribution >= 0.6 is 0 Å². The predicted molar refractivity (Wildman–Crippen MR) is 81.9 cm³/mol. The fraction of sp³-hybridized carbons (Fsp3) is 0.222. The van der Waals surface area contributed by atoms with Crippen LogP contribution in [0.4, 0.5) is 13.2 Å². The highest BCUT2D eigenvalue weighted by Gasteiger charge is 2.42. The van der Waals surface area contributed by atoms with Crippen molar-refractivity contribution < 1.29 is 22.6 Å². The SMILES string of the molecule is COc1ccc(C2C=C(C(F)(F)F)c3c(OC)cccc32)cc1. The van der Waals surface area contributed by atoms with Crippen molar-refractivity contribution in [3.8, 4) is 11.5 Å². The van der Waals surface area contributed by atoms with Gasteiger partial charge in [0.25, 0.3) is 0 Å². The third-order valence-electron chi connectivity index (χ3n) is 4.00. The zero-order valence-corrected chi connectivity index (χ0v) is 12.6. The molecule has 0 aromatic heterocycles. The van der Waals surface area contributed by atoms with Gasteiger partial charge in [-0.3, -0.25) is 0 Å². The molecule has 0 saturated heterocycles. The molecule has 0 N–H and O–H groups in total. The average molecular weight is 320 g/mol. The Labute approximate surface area is 132 Å². The molecule has 0 amide bonds. The first-order chi connectivity index (χ1) is 11.0. The molecule has 2 nitrogen and oxygen atoms in total. The lowest BCUT2D eigenvalue weighted by molar-refractivity contribution is -0.0689. The van der Waals surface area contributed by atoms with Gasteiger partial charge < -0.3 is 9.47 Å². The molecule has 2 aromatic rings. The van der Waals surface area contributed by atoms with Crippen LogP contribution in [0.2, 0.25) is 0 Å². The quantitative estimate of drug-likeness (QED) is 0.809. The van der Waals surface area contributed by atoms with Gasteiger partial charge in [-0.05, 0) is 29.3 Å². The Hall–Kier alpha value is -2.43. The van der Waals surface area contributed by atoms with E-state index in [1.54, 1.807) is 49.6 Å². The molecule has 0 saturated carbocycles. The molecule has 0 aliphatic heterocycles. The highest BCUT2D eigenvalue weighted by molar-refractivity contribution is 5.83. The van der Waals surface area contributed by atoms with Crippen LogP contribution in [-0.2, 0) is 0 Å². The van der Waals surface area contributed by atoms with E-state index < -0.39 is 17.7 Å². The minimum Gasteiger partial charge on any atom is -0.497 e. The van der Waals surface area contributed by atoms with E-state index in [0.717, 1.165) is 5.56 Å². The third kappa shape index (κ3) is 2.67. The number of allylic oxidation sites excluding steroid dienone is 2. The molecule has 2 aromatic carbocycles. The zero-order valence-electron chi connectivity index (χ0n) is 12.6. The molecule has 0 spiro atoms. The highest BCUT2D eigenvalue weighted by atomic mass is 19.4. The Morgan fingerprint density at radius 3 is 2.17 bits per heavy atom. The summed E-state index contributed by atoms with van der Waals surface area (Å²) < 4.78 is 50.5. The van der Waals surface area contributed by atoms with E-state index in [2.05, 4.69) is 0 Å². The van der Waals surface area contributed by atoms with Gasteiger partial charge in [0.1, 0.15) is 11.5 Å². The van der Waals surface area contributed by atoms with Crippen molar-refractivity contribution in [2.45, 2.75) is 12.1 Å². The molecule has 23 heavy (non-hydrogen) atoms. The van der Waals surface area contributed by atoms with Crippen LogP contribution in [-0.4, -0.2) is 20.4 Å². The Morgan fingerprint density at radius 1 is 0.913 bits per heavy atom. The Morgan fingerprint density at radius 2 is 1.61 bits per heavy atom. The van der Waals surface area contributed by atoms with Crippen LogP contribution in [0.25, 0.3) is 5.57 Å². The lowest BCUT2D eigenvalue weighted by Crippen LogP contribution is -2.10. The standard InChI is InChI=1S/C18H15F3O2/c1-22-12-8-6-11(7-9-12)14-10-15(18(19,20)21)17-13(14)4-3-5-16(17)23-2/h3-10,14H,1-2H3. The van der Waals surface area contributed by atoms with Crippen molar-refractivity contribution in [1.82, 2.24) is 0 Å². The van der Waals surface area contributed by atoms with Crippen molar-refractivity contribution >= 4 is 5.57 Å². The van der Waals surface area contributed by atoms with Crippen LogP contribution in [0.15, 0.2) is 48.5 Å². The van der Waals surface area contributed by atoms with Crippen LogP contribution < -0.4 is 9.47 Å². The van der Waals surface area contributed by atoms with Crippen molar-refractivity contribution in [3.05, 3.63) is 65.2 Å². The monoisotopic (exact) mass is 320 g/mol. The number of hydrogen-bond acceptors (Lipinski definition) is 2. The second-order valence-corrected chi connectivity index (χ2v) is 5.25. The van der Waals surface area contributed by atoms with Gasteiger partial charge in [0.2, 0.25) is 0 Å². The number of ether oxygens (including phenoxy) is 2. The zero-order chi connectivity index (χ0) is 16.6. The summed E-state index contributed by atoms with van der Waals surface area (Å²) in [5.74, 6) is 0.447. The number of benzene rings is 2. The number of hydrogen-bond donors (Lipinski definition) is 0. The summed E-state index contributed by atoms with van der Waals surface area (Å²) in [7, 11) is 2.93. The van der Waals surface area contributed by atoms with Gasteiger partial charge in [-0.25, -0.2) is 0 Å². The summed E-state index contributed by atoms with van der Waals surface area (Å²) in [6.07, 6.45) is -3.17. The third-order valence-corrected chi connectivity index (χ3v) is 4.00. The van der Waals surface area contributed by atoms with Gasteiger partial charge in [0, 0.05) is 11.5 Å². The number of methoxy groups -OCH3 is 2. The summed E-state index contributed by atoms with van der Waals surface area (Å²) in [6, 6.07) is 12.0. The number of rotatable bonds is 3. The lowest BCUT2D eigenvalue weighted by Gasteiger charge is -2.15. The first-order valence-electron chi connectivity index (χ1n) is 7.06. The molecular formula is C18H15F3O2. The summed E-state index contributed by atoms with van der Waals surface area (Å²) in [6.45, 7) is 0. The maximum atomic E-state index is 13.4. The molecule has 3 rings (SSSR count). The second-order valence-electron chi connectivity index (χ2n) is 5.25. The largest absolute Gasteiger partial charge is 0.497 e. The molecule has 0 radical (unpaired) electrons. The fourth-order valence-corrected chi connectivity index (χ4v) is 2.93. The van der Waals surface area contributed by atoms with Crippen LogP contribution in [0.5, 0.6) is 11.5 Å². The van der Waals surface area contributed by atoms with Crippen LogP contribution in [0, 0.1) is 0 Å². The number of alkyl halides is 3. The Balaban J connectivity index is 2.15. The lowest BCUT2D eigenvalue weighted by atomic mass is 9.93. The number of halogens is 3. The van der Waals surface area contributed by atoms with Crippen LogP contribution in [0.3, 0.4) is 0 Å². The van der Waals surface area contributed by atoms with E-state index in [9.17, 15) is 13.2 Å². The van der Waals surface area contributed by atoms with Crippen molar-refractivity contribution in [3.63, 3.8) is 0 Å². The van der Waals surface area contributed by atoms with Gasteiger partial charge >= 0.3 is 6.18 Å². The summed E-state index contributed by atoms with van der Waals surface area (Å²) in [5, 5.41) is 0. The smallest absolute Gasteiger partial charge is 0.416 e. The van der Waals surface area contributed by atoms with Crippen molar-refractivity contribution in [1.29, 1.82) is 0 Å². The van der Waals surface area contributed by atoms with Crippen LogP contribution in [0.1, 0.15) is 22.6 Å². The average Bonchev–Trinajstić information content (AvgIpc) is 2.95. The molecule has 0 heterocycles. The Bertz CT molecular complexity index is 746. The Kier molecular flexibility index (Phi) is 3.80. The molecule has 1 atom stereocenters. The molecular weight excluding hydrogens is 305 g/mol. The van der Waals surface area contributed by atoms with E-state index in [4.69, 9.17) is 9.47 Å². The van der Waals surface area contributed by atoms with E-state index in [-0.39, 0.29) is 11.3 Å². The molecule has 5 heteroatoms. The minimum atomic E-state index is -4.43. The first kappa shape index (κ1) is 15.5. The first-order valence-corrected chi connectivity index (χ1v) is 7.06. The normalized spacial score (nSPS) is 16.7. The summed E-state index contributed by atoms with van der Waals surface area (Å²) in [4.78, 5) is 0. The highest BCUT2D eigenvalue weighted by Crippen LogP contribution is 2.50. The molecule has 120 valence electrons. The summed E-state index contributed by atoms with van der Waals surface area (Å²) >= 11 is 0. The van der Waals surface area contributed by atoms with Crippen molar-refractivity contribution in [2.24, 2.45) is 0 Å². The van der Waals surface area contributed by atoms with E-state index in [0.29, 0.717) is 11.3 Å². The molecule has 1 aliphatic carbocycles. The van der Waals surface area contributed by atoms with E-state index in [1.165, 1.54) is 13.2 Å². The van der Waals surface area contributed by atoms with Gasteiger partial charge in [0.05, 0.1) is 19.8 Å². The molecule has 1 aliphatic rings. The van der Waals surface area contributed by atoms with E-state index >= 15 is 0 Å². The summed E-state index contributed by atoms with van der Waals surface area (Å²) in [5.41, 5.74) is 0.857. The topological polar surface area (TPSA) is 18.5 Å². The van der Waals surface area contributed by atoms with Crippen molar-refractivity contribution in [2.75, 3.05) is 14.2 Å². The fourth-order valence-electron chi connectivity index (χ4n) is 2.93. The van der Waals surface area contributed by atoms with Gasteiger partial charge in [-0.15, -0.1) is 0 Å². The van der Waals surface area contributed by atoms with E-state index in [1.807, 2.05) is 0 Å². The van der Waals surface area contributed by atoms with Gasteiger partial charge in [-0.2, -0.15) is 13.2 Å². The number of fused-ring (bicyclic) bond motifs is 1. The van der Waals surface area contributed by atoms with Gasteiger partial charge in [-0.1, -0.05) is 30.3 Å².